The van der Waals surface area contributed by atoms with Crippen LogP contribution in [0.2, 0.25) is 0 Å². The van der Waals surface area contributed by atoms with Crippen molar-refractivity contribution in [2.45, 2.75) is 6.42 Å². The average molecular weight is 432 g/mol. The van der Waals surface area contributed by atoms with Crippen LogP contribution in [0.5, 0.6) is 0 Å². The second-order valence-electron chi connectivity index (χ2n) is 9.34. The summed E-state index contributed by atoms with van der Waals surface area (Å²) in [6.45, 7) is 0. The maximum absolute atomic E-state index is 2.46. The van der Waals surface area contributed by atoms with Gasteiger partial charge in [-0.25, -0.2) is 0 Å². The van der Waals surface area contributed by atoms with Crippen molar-refractivity contribution in [3.8, 4) is 16.8 Å². The van der Waals surface area contributed by atoms with Gasteiger partial charge in [0, 0.05) is 21.8 Å². The number of aromatic nitrogens is 1. The lowest BCUT2D eigenvalue weighted by atomic mass is 9.93. The summed E-state index contributed by atoms with van der Waals surface area (Å²) in [5.41, 5.74) is 9.47. The number of benzene rings is 6. The summed E-state index contributed by atoms with van der Waals surface area (Å²) in [4.78, 5) is 0. The van der Waals surface area contributed by atoms with Gasteiger partial charge in [0.05, 0.1) is 11.0 Å². The van der Waals surface area contributed by atoms with Gasteiger partial charge in [-0.1, -0.05) is 91.0 Å². The maximum Gasteiger partial charge on any atom is 0.0625 e. The Morgan fingerprint density at radius 3 is 2.03 bits per heavy atom. The van der Waals surface area contributed by atoms with Gasteiger partial charge in [0.25, 0.3) is 0 Å². The zero-order valence-corrected chi connectivity index (χ0v) is 18.6. The summed E-state index contributed by atoms with van der Waals surface area (Å²) in [5, 5.41) is 8.02. The summed E-state index contributed by atoms with van der Waals surface area (Å²) >= 11 is 0. The van der Waals surface area contributed by atoms with Gasteiger partial charge < -0.3 is 4.57 Å². The van der Waals surface area contributed by atoms with Crippen molar-refractivity contribution < 1.29 is 0 Å². The third kappa shape index (κ3) is 2.29. The van der Waals surface area contributed by atoms with E-state index in [0.29, 0.717) is 0 Å². The first-order chi connectivity index (χ1) is 16.9. The molecule has 6 aromatic carbocycles. The van der Waals surface area contributed by atoms with E-state index in [4.69, 9.17) is 0 Å². The van der Waals surface area contributed by atoms with Gasteiger partial charge in [-0.15, -0.1) is 0 Å². The fourth-order valence-corrected chi connectivity index (χ4v) is 6.17. The zero-order chi connectivity index (χ0) is 22.2. The first kappa shape index (κ1) is 18.1. The molecule has 1 heterocycles. The van der Waals surface area contributed by atoms with Crippen molar-refractivity contribution in [1.29, 1.82) is 0 Å². The lowest BCUT2D eigenvalue weighted by Gasteiger charge is -2.13. The normalized spacial score (nSPS) is 12.6. The molecule has 1 aliphatic rings. The van der Waals surface area contributed by atoms with E-state index in [2.05, 4.69) is 120 Å². The van der Waals surface area contributed by atoms with Crippen molar-refractivity contribution in [2.75, 3.05) is 0 Å². The predicted octanol–water partition coefficient (Wildman–Crippen LogP) is 8.66. The second kappa shape index (κ2) is 6.59. The fraction of sp³-hybridized carbons (Fsp3) is 0.0303. The van der Waals surface area contributed by atoms with Gasteiger partial charge in [-0.05, 0) is 69.1 Å². The van der Waals surface area contributed by atoms with Gasteiger partial charge in [0.1, 0.15) is 0 Å². The predicted molar refractivity (Wildman–Crippen MR) is 144 cm³/mol. The minimum absolute atomic E-state index is 0.983. The van der Waals surface area contributed by atoms with Crippen LogP contribution in [0.15, 0.2) is 115 Å². The molecule has 0 saturated carbocycles. The molecule has 0 N–H and O–H groups in total. The number of hydrogen-bond donors (Lipinski definition) is 0. The summed E-state index contributed by atoms with van der Waals surface area (Å²) in [5.74, 6) is 0. The highest BCUT2D eigenvalue weighted by Crippen LogP contribution is 2.50. The molecule has 7 aromatic rings. The molecule has 0 aliphatic heterocycles. The molecule has 34 heavy (non-hydrogen) atoms. The molecule has 0 bridgehead atoms. The number of nitrogens with zero attached hydrogens (tertiary/aromatic N) is 1. The Labute approximate surface area is 197 Å². The van der Waals surface area contributed by atoms with Crippen molar-refractivity contribution in [1.82, 2.24) is 4.57 Å². The molecule has 8 rings (SSSR count). The molecule has 0 radical (unpaired) electrons. The van der Waals surface area contributed by atoms with Gasteiger partial charge in [-0.2, -0.15) is 0 Å². The van der Waals surface area contributed by atoms with E-state index in [0.717, 1.165) is 6.42 Å². The monoisotopic (exact) mass is 431 g/mol. The smallest absolute Gasteiger partial charge is 0.0625 e. The Balaban J connectivity index is 1.65. The average Bonchev–Trinajstić information content (AvgIpc) is 3.44. The molecule has 1 nitrogen and oxygen atoms in total. The first-order valence-electron chi connectivity index (χ1n) is 11.9. The van der Waals surface area contributed by atoms with Crippen LogP contribution in [0.4, 0.5) is 0 Å². The Hall–Kier alpha value is -4.36. The van der Waals surface area contributed by atoms with Crippen LogP contribution in [0, 0.1) is 0 Å². The highest BCUT2D eigenvalue weighted by atomic mass is 15.0. The van der Waals surface area contributed by atoms with Crippen LogP contribution < -0.4 is 0 Å². The van der Waals surface area contributed by atoms with Crippen molar-refractivity contribution in [3.63, 3.8) is 0 Å². The minimum Gasteiger partial charge on any atom is -0.309 e. The van der Waals surface area contributed by atoms with Gasteiger partial charge in [0.15, 0.2) is 0 Å². The first-order valence-corrected chi connectivity index (χ1v) is 11.9. The number of hydrogen-bond acceptors (Lipinski definition) is 0. The summed E-state index contributed by atoms with van der Waals surface area (Å²) in [6, 6.07) is 42.2. The van der Waals surface area contributed by atoms with Crippen LogP contribution in [-0.4, -0.2) is 4.57 Å². The zero-order valence-electron chi connectivity index (χ0n) is 18.6. The van der Waals surface area contributed by atoms with E-state index in [9.17, 15) is 0 Å². The van der Waals surface area contributed by atoms with Crippen LogP contribution in [0.3, 0.4) is 0 Å². The highest BCUT2D eigenvalue weighted by molar-refractivity contribution is 6.26. The molecule has 0 spiro atoms. The second-order valence-corrected chi connectivity index (χ2v) is 9.34. The molecule has 158 valence electrons. The quantitative estimate of drug-likeness (QED) is 0.245. The van der Waals surface area contributed by atoms with E-state index < -0.39 is 0 Å². The van der Waals surface area contributed by atoms with Crippen molar-refractivity contribution >= 4 is 43.4 Å². The highest BCUT2D eigenvalue weighted by Gasteiger charge is 2.28. The third-order valence-electron chi connectivity index (χ3n) is 7.56. The Kier molecular flexibility index (Phi) is 3.51. The summed E-state index contributed by atoms with van der Waals surface area (Å²) in [6.07, 6.45) is 0.983. The topological polar surface area (TPSA) is 4.93 Å². The van der Waals surface area contributed by atoms with E-state index in [1.807, 2.05) is 0 Å². The Morgan fingerprint density at radius 1 is 0.559 bits per heavy atom. The lowest BCUT2D eigenvalue weighted by molar-refractivity contribution is 1.19. The molecule has 1 heteroatoms. The van der Waals surface area contributed by atoms with Gasteiger partial charge in [-0.3, -0.25) is 0 Å². The van der Waals surface area contributed by atoms with E-state index in [1.165, 1.54) is 71.3 Å². The van der Waals surface area contributed by atoms with Crippen LogP contribution in [0.1, 0.15) is 11.1 Å². The molecule has 0 saturated heterocycles. The standard InChI is InChI=1S/C33H21N/c1-2-12-24(13-3-1)34-30-17-9-8-16-27(30)32-31-28-19-22-11-5-4-10-21(22)18-23(28)20-29(31)25-14-6-7-15-26(25)33(32)34/h1-19H,20H2. The fourth-order valence-electron chi connectivity index (χ4n) is 6.17. The van der Waals surface area contributed by atoms with Gasteiger partial charge in [0.2, 0.25) is 0 Å². The minimum atomic E-state index is 0.983. The van der Waals surface area contributed by atoms with Crippen LogP contribution in [-0.2, 0) is 6.42 Å². The summed E-state index contributed by atoms with van der Waals surface area (Å²) in [7, 11) is 0. The summed E-state index contributed by atoms with van der Waals surface area (Å²) < 4.78 is 2.46. The van der Waals surface area contributed by atoms with Crippen LogP contribution >= 0.6 is 0 Å². The molecule has 0 unspecified atom stereocenters. The van der Waals surface area contributed by atoms with E-state index in [-0.39, 0.29) is 0 Å². The molecule has 1 aromatic heterocycles. The molecule has 0 fully saturated rings. The van der Waals surface area contributed by atoms with E-state index >= 15 is 0 Å². The lowest BCUT2D eigenvalue weighted by Crippen LogP contribution is -1.95. The molecule has 1 aliphatic carbocycles. The SMILES string of the molecule is c1ccc(-n2c3ccccc3c3c4c(c5ccccc5c32)Cc2cc3ccccc3cc2-4)cc1. The Bertz CT molecular complexity index is 1920. The number of para-hydroxylation sites is 2. The third-order valence-corrected chi connectivity index (χ3v) is 7.56. The van der Waals surface area contributed by atoms with Gasteiger partial charge >= 0.3 is 0 Å². The molecular formula is C33H21N. The molecular weight excluding hydrogens is 410 g/mol. The van der Waals surface area contributed by atoms with Crippen LogP contribution in [0.25, 0.3) is 60.2 Å². The maximum atomic E-state index is 2.46. The number of fused-ring (bicyclic) bond motifs is 11. The molecule has 0 atom stereocenters. The number of rotatable bonds is 1. The van der Waals surface area contributed by atoms with Crippen molar-refractivity contribution in [3.05, 3.63) is 126 Å². The molecule has 0 amide bonds. The van der Waals surface area contributed by atoms with E-state index in [1.54, 1.807) is 0 Å². The Morgan fingerprint density at radius 2 is 1.21 bits per heavy atom. The largest absolute Gasteiger partial charge is 0.309 e. The van der Waals surface area contributed by atoms with Crippen molar-refractivity contribution in [2.24, 2.45) is 0 Å².